The lowest BCUT2D eigenvalue weighted by atomic mass is 10.1. The van der Waals surface area contributed by atoms with Crippen LogP contribution in [0.5, 0.6) is 5.75 Å². The number of rotatable bonds is 9. The summed E-state index contributed by atoms with van der Waals surface area (Å²) in [4.78, 5) is 36.5. The first kappa shape index (κ1) is 26.2. The lowest BCUT2D eigenvalue weighted by Gasteiger charge is -2.15. The number of hydrogen-bond acceptors (Lipinski definition) is 8. The summed E-state index contributed by atoms with van der Waals surface area (Å²) in [5, 5.41) is 2.67. The van der Waals surface area contributed by atoms with E-state index in [0.29, 0.717) is 5.56 Å². The lowest BCUT2D eigenvalue weighted by molar-refractivity contribution is 0.0599. The van der Waals surface area contributed by atoms with Crippen molar-refractivity contribution in [3.8, 4) is 5.75 Å². The van der Waals surface area contributed by atoms with Crippen LogP contribution >= 0.6 is 0 Å². The summed E-state index contributed by atoms with van der Waals surface area (Å²) < 4.78 is 43.6. The molecule has 36 heavy (non-hydrogen) atoms. The van der Waals surface area contributed by atoms with Gasteiger partial charge in [0, 0.05) is 5.56 Å². The fraction of sp³-hybridized carbons (Fsp3) is 0.160. The number of esters is 2. The molecule has 3 aromatic rings. The number of methoxy groups -OCH3 is 2. The Morgan fingerprint density at radius 1 is 0.806 bits per heavy atom. The molecule has 0 radical (unpaired) electrons. The second-order valence-electron chi connectivity index (χ2n) is 7.30. The molecule has 10 nitrogen and oxygen atoms in total. The normalized spacial score (nSPS) is 10.8. The molecule has 0 unspecified atom stereocenters. The highest BCUT2D eigenvalue weighted by Crippen LogP contribution is 2.30. The van der Waals surface area contributed by atoms with Gasteiger partial charge in [0.2, 0.25) is 0 Å². The third kappa shape index (κ3) is 6.19. The molecule has 3 aromatic carbocycles. The molecule has 0 aliphatic rings. The van der Waals surface area contributed by atoms with Crippen molar-refractivity contribution in [3.05, 3.63) is 83.4 Å². The molecule has 0 spiro atoms. The van der Waals surface area contributed by atoms with E-state index in [1.807, 2.05) is 0 Å². The molecule has 0 atom stereocenters. The Morgan fingerprint density at radius 3 is 1.97 bits per heavy atom. The summed E-state index contributed by atoms with van der Waals surface area (Å²) in [5.41, 5.74) is 0.344. The van der Waals surface area contributed by atoms with Gasteiger partial charge in [-0.25, -0.2) is 18.0 Å². The van der Waals surface area contributed by atoms with Crippen LogP contribution < -0.4 is 14.8 Å². The lowest BCUT2D eigenvalue weighted by Crippen LogP contribution is -2.17. The van der Waals surface area contributed by atoms with Crippen molar-refractivity contribution in [1.82, 2.24) is 0 Å². The number of sulfonamides is 1. The average Bonchev–Trinajstić information content (AvgIpc) is 2.88. The van der Waals surface area contributed by atoms with Crippen LogP contribution in [0.4, 0.5) is 11.4 Å². The van der Waals surface area contributed by atoms with Gasteiger partial charge >= 0.3 is 11.9 Å². The van der Waals surface area contributed by atoms with E-state index in [0.717, 1.165) is 14.2 Å². The summed E-state index contributed by atoms with van der Waals surface area (Å²) in [7, 11) is -1.92. The molecule has 0 aromatic heterocycles. The molecule has 0 aliphatic carbocycles. The van der Waals surface area contributed by atoms with Crippen molar-refractivity contribution in [2.75, 3.05) is 30.9 Å². The number of carbonyl (C=O) groups excluding carboxylic acids is 3. The minimum atomic E-state index is -4.23. The molecule has 0 aliphatic heterocycles. The smallest absolute Gasteiger partial charge is 0.337 e. The van der Waals surface area contributed by atoms with Crippen molar-refractivity contribution < 1.29 is 37.0 Å². The van der Waals surface area contributed by atoms with Crippen LogP contribution in [-0.4, -0.2) is 47.1 Å². The Bertz CT molecular complexity index is 1350. The van der Waals surface area contributed by atoms with Crippen LogP contribution in [0.2, 0.25) is 0 Å². The van der Waals surface area contributed by atoms with Gasteiger partial charge in [-0.3, -0.25) is 9.52 Å². The van der Waals surface area contributed by atoms with E-state index in [2.05, 4.69) is 19.5 Å². The molecule has 2 N–H and O–H groups in total. The average molecular weight is 513 g/mol. The highest BCUT2D eigenvalue weighted by Gasteiger charge is 2.21. The second-order valence-corrected chi connectivity index (χ2v) is 8.98. The van der Waals surface area contributed by atoms with Gasteiger partial charge in [0.25, 0.3) is 15.9 Å². The number of anilines is 2. The third-order valence-electron chi connectivity index (χ3n) is 4.87. The first-order valence-corrected chi connectivity index (χ1v) is 12.1. The van der Waals surface area contributed by atoms with Crippen LogP contribution in [0.15, 0.2) is 71.6 Å². The van der Waals surface area contributed by atoms with Gasteiger partial charge < -0.3 is 19.5 Å². The van der Waals surface area contributed by atoms with Crippen LogP contribution in [0.1, 0.15) is 38.0 Å². The fourth-order valence-corrected chi connectivity index (χ4v) is 4.28. The van der Waals surface area contributed by atoms with E-state index >= 15 is 0 Å². The number of amides is 1. The van der Waals surface area contributed by atoms with E-state index in [9.17, 15) is 22.8 Å². The number of nitrogens with one attached hydrogen (secondary N) is 2. The Hall–Kier alpha value is -4.38. The van der Waals surface area contributed by atoms with Crippen LogP contribution in [0.25, 0.3) is 0 Å². The van der Waals surface area contributed by atoms with Gasteiger partial charge in [0.1, 0.15) is 5.75 Å². The minimum Gasteiger partial charge on any atom is -0.492 e. The molecule has 0 fully saturated rings. The van der Waals surface area contributed by atoms with Crippen molar-refractivity contribution >= 4 is 39.2 Å². The molecular formula is C25H24N2O8S. The summed E-state index contributed by atoms with van der Waals surface area (Å²) in [5.74, 6) is -1.71. The zero-order valence-corrected chi connectivity index (χ0v) is 20.5. The monoisotopic (exact) mass is 512 g/mol. The first-order valence-electron chi connectivity index (χ1n) is 10.7. The summed E-state index contributed by atoms with van der Waals surface area (Å²) in [6, 6.07) is 16.1. The molecule has 188 valence electrons. The van der Waals surface area contributed by atoms with E-state index in [4.69, 9.17) is 4.74 Å². The maximum absolute atomic E-state index is 13.2. The third-order valence-corrected chi connectivity index (χ3v) is 6.25. The number of carbonyl (C=O) groups is 3. The summed E-state index contributed by atoms with van der Waals surface area (Å²) in [6.45, 7) is 2.04. The maximum atomic E-state index is 13.2. The minimum absolute atomic E-state index is 0.0550. The highest BCUT2D eigenvalue weighted by molar-refractivity contribution is 7.92. The van der Waals surface area contributed by atoms with Crippen LogP contribution in [0, 0.1) is 0 Å². The van der Waals surface area contributed by atoms with Gasteiger partial charge in [-0.05, 0) is 55.5 Å². The zero-order chi connectivity index (χ0) is 26.3. The predicted molar refractivity (Wildman–Crippen MR) is 132 cm³/mol. The van der Waals surface area contributed by atoms with Gasteiger partial charge in [-0.2, -0.15) is 0 Å². The maximum Gasteiger partial charge on any atom is 0.337 e. The van der Waals surface area contributed by atoms with E-state index < -0.39 is 27.9 Å². The van der Waals surface area contributed by atoms with Crippen LogP contribution in [-0.2, 0) is 19.5 Å². The van der Waals surface area contributed by atoms with Crippen molar-refractivity contribution in [2.45, 2.75) is 11.8 Å². The molecule has 0 heterocycles. The standard InChI is InChI=1S/C25H24N2O8S/c1-4-35-22-11-10-20(15-21(22)26-23(28)16-8-6-5-7-9-16)36(31,32)27-19-13-17(24(29)33-2)12-18(14-19)25(30)34-3/h5-15,27H,4H2,1-3H3,(H,26,28). The van der Waals surface area contributed by atoms with E-state index in [1.54, 1.807) is 37.3 Å². The van der Waals surface area contributed by atoms with Crippen molar-refractivity contribution in [1.29, 1.82) is 0 Å². The molecular weight excluding hydrogens is 488 g/mol. The van der Waals surface area contributed by atoms with Gasteiger partial charge in [-0.15, -0.1) is 0 Å². The van der Waals surface area contributed by atoms with Gasteiger partial charge in [0.15, 0.2) is 0 Å². The molecule has 0 saturated carbocycles. The number of ether oxygens (including phenoxy) is 3. The van der Waals surface area contributed by atoms with E-state index in [1.165, 1.54) is 36.4 Å². The molecule has 3 rings (SSSR count). The van der Waals surface area contributed by atoms with Gasteiger partial charge in [-0.1, -0.05) is 18.2 Å². The molecule has 1 amide bonds. The molecule has 0 saturated heterocycles. The zero-order valence-electron chi connectivity index (χ0n) is 19.7. The summed E-state index contributed by atoms with van der Waals surface area (Å²) in [6.07, 6.45) is 0. The predicted octanol–water partition coefficient (Wildman–Crippen LogP) is 3.71. The first-order chi connectivity index (χ1) is 17.2. The SMILES string of the molecule is CCOc1ccc(S(=O)(=O)Nc2cc(C(=O)OC)cc(C(=O)OC)c2)cc1NC(=O)c1ccccc1. The van der Waals surface area contributed by atoms with Crippen molar-refractivity contribution in [2.24, 2.45) is 0 Å². The van der Waals surface area contributed by atoms with E-state index in [-0.39, 0.29) is 39.8 Å². The van der Waals surface area contributed by atoms with Crippen LogP contribution in [0.3, 0.4) is 0 Å². The largest absolute Gasteiger partial charge is 0.492 e. The highest BCUT2D eigenvalue weighted by atomic mass is 32.2. The second kappa shape index (κ2) is 11.4. The Kier molecular flexibility index (Phi) is 8.28. The Balaban J connectivity index is 1.98. The van der Waals surface area contributed by atoms with Crippen molar-refractivity contribution in [3.63, 3.8) is 0 Å². The summed E-state index contributed by atoms with van der Waals surface area (Å²) >= 11 is 0. The quantitative estimate of drug-likeness (QED) is 0.414. The molecule has 11 heteroatoms. The molecule has 0 bridgehead atoms. The number of hydrogen-bond donors (Lipinski definition) is 2. The Labute approximate surface area is 208 Å². The fourth-order valence-electron chi connectivity index (χ4n) is 3.21. The number of benzene rings is 3. The van der Waals surface area contributed by atoms with Gasteiger partial charge in [0.05, 0.1) is 48.2 Å². The Morgan fingerprint density at radius 2 is 1.42 bits per heavy atom. The topological polar surface area (TPSA) is 137 Å².